The van der Waals surface area contributed by atoms with E-state index in [0.717, 1.165) is 24.9 Å². The van der Waals surface area contributed by atoms with Crippen molar-refractivity contribution in [3.8, 4) is 0 Å². The van der Waals surface area contributed by atoms with Crippen molar-refractivity contribution in [3.63, 3.8) is 0 Å². The van der Waals surface area contributed by atoms with Gasteiger partial charge in [-0.1, -0.05) is 6.07 Å². The molecule has 0 aromatic heterocycles. The summed E-state index contributed by atoms with van der Waals surface area (Å²) in [6.45, 7) is 4.84. The number of nitrogens with one attached hydrogen (secondary N) is 4. The van der Waals surface area contributed by atoms with Gasteiger partial charge >= 0.3 is 0 Å². The highest BCUT2D eigenvalue weighted by Crippen LogP contribution is 2.26. The predicted octanol–water partition coefficient (Wildman–Crippen LogP) is 0.0900. The Bertz CT molecular complexity index is 874. The van der Waals surface area contributed by atoms with Gasteiger partial charge in [0.25, 0.3) is 5.91 Å². The van der Waals surface area contributed by atoms with E-state index < -0.39 is 17.3 Å². The number of benzene rings is 1. The number of fused-ring (bicyclic) bond motifs is 1. The van der Waals surface area contributed by atoms with Crippen LogP contribution < -0.4 is 21.5 Å². The highest BCUT2D eigenvalue weighted by Gasteiger charge is 2.42. The van der Waals surface area contributed by atoms with E-state index in [1.165, 1.54) is 11.0 Å². The van der Waals surface area contributed by atoms with Crippen molar-refractivity contribution >= 4 is 17.7 Å². The maximum Gasteiger partial charge on any atom is 0.257 e. The molecule has 0 aliphatic carbocycles. The van der Waals surface area contributed by atoms with E-state index in [0.29, 0.717) is 19.5 Å². The van der Waals surface area contributed by atoms with Crippen LogP contribution in [-0.2, 0) is 16.0 Å². The molecule has 3 aliphatic heterocycles. The van der Waals surface area contributed by atoms with Crippen LogP contribution in [0.15, 0.2) is 18.2 Å². The topological polar surface area (TPSA) is 103 Å². The van der Waals surface area contributed by atoms with Gasteiger partial charge in [0.2, 0.25) is 11.8 Å². The van der Waals surface area contributed by atoms with Gasteiger partial charge < -0.3 is 15.5 Å². The maximum absolute atomic E-state index is 14.6. The highest BCUT2D eigenvalue weighted by atomic mass is 19.1. The Morgan fingerprint density at radius 2 is 2.07 bits per heavy atom. The van der Waals surface area contributed by atoms with Crippen molar-refractivity contribution in [3.05, 3.63) is 35.1 Å². The molecule has 0 spiro atoms. The minimum Gasteiger partial charge on any atom is -0.352 e. The number of hydrogen-bond donors (Lipinski definition) is 4. The molecule has 162 valence electrons. The summed E-state index contributed by atoms with van der Waals surface area (Å²) in [5.41, 5.74) is 5.51. The summed E-state index contributed by atoms with van der Waals surface area (Å²) in [5, 5.41) is 6.16. The summed E-state index contributed by atoms with van der Waals surface area (Å²) in [6.07, 6.45) is 2.32. The normalized spacial score (nSPS) is 28.4. The zero-order chi connectivity index (χ0) is 21.5. The summed E-state index contributed by atoms with van der Waals surface area (Å²) < 4.78 is 14.6. The van der Waals surface area contributed by atoms with Crippen LogP contribution in [0.2, 0.25) is 0 Å². The second-order valence-corrected chi connectivity index (χ2v) is 8.76. The predicted molar refractivity (Wildman–Crippen MR) is 108 cm³/mol. The number of hydrazine groups is 1. The van der Waals surface area contributed by atoms with Gasteiger partial charge in [0, 0.05) is 25.2 Å². The third-order valence-corrected chi connectivity index (χ3v) is 6.47. The van der Waals surface area contributed by atoms with E-state index in [-0.39, 0.29) is 35.4 Å². The fourth-order valence-electron chi connectivity index (χ4n) is 4.67. The van der Waals surface area contributed by atoms with Crippen molar-refractivity contribution in [2.75, 3.05) is 19.6 Å². The van der Waals surface area contributed by atoms with Gasteiger partial charge in [-0.3, -0.25) is 19.8 Å². The number of carbonyl (C=O) groups excluding carboxylic acids is 3. The summed E-state index contributed by atoms with van der Waals surface area (Å²) in [5.74, 6) is -1.46. The van der Waals surface area contributed by atoms with Crippen molar-refractivity contribution in [1.29, 1.82) is 0 Å². The van der Waals surface area contributed by atoms with Gasteiger partial charge in [0.1, 0.15) is 11.4 Å². The Morgan fingerprint density at radius 1 is 1.27 bits per heavy atom. The molecule has 0 radical (unpaired) electrons. The molecule has 3 aliphatic rings. The fraction of sp³-hybridized carbons (Fsp3) is 0.571. The van der Waals surface area contributed by atoms with Crippen LogP contribution in [0.5, 0.6) is 0 Å². The van der Waals surface area contributed by atoms with E-state index in [1.54, 1.807) is 26.0 Å². The van der Waals surface area contributed by atoms with E-state index in [9.17, 15) is 18.8 Å². The molecule has 0 bridgehead atoms. The largest absolute Gasteiger partial charge is 0.352 e. The molecule has 3 unspecified atom stereocenters. The quantitative estimate of drug-likeness (QED) is 0.558. The van der Waals surface area contributed by atoms with Crippen LogP contribution >= 0.6 is 0 Å². The molecule has 3 amide bonds. The lowest BCUT2D eigenvalue weighted by atomic mass is 9.82. The number of piperazine rings is 1. The van der Waals surface area contributed by atoms with E-state index in [4.69, 9.17) is 0 Å². The zero-order valence-electron chi connectivity index (χ0n) is 17.3. The molecule has 0 saturated carbocycles. The van der Waals surface area contributed by atoms with Gasteiger partial charge in [-0.05, 0) is 57.4 Å². The molecule has 8 nitrogen and oxygen atoms in total. The molecule has 3 heterocycles. The Hall–Kier alpha value is -2.52. The van der Waals surface area contributed by atoms with Crippen LogP contribution in [-0.4, -0.2) is 59.9 Å². The Balaban J connectivity index is 1.55. The zero-order valence-corrected chi connectivity index (χ0v) is 17.3. The Labute approximate surface area is 174 Å². The molecule has 30 heavy (non-hydrogen) atoms. The van der Waals surface area contributed by atoms with Gasteiger partial charge in [0.05, 0.1) is 11.5 Å². The molecule has 3 atom stereocenters. The van der Waals surface area contributed by atoms with Crippen molar-refractivity contribution in [1.82, 2.24) is 26.4 Å². The number of carbonyl (C=O) groups is 3. The number of nitrogens with zero attached hydrogens (tertiary/aromatic N) is 1. The van der Waals surface area contributed by atoms with Gasteiger partial charge in [0.15, 0.2) is 0 Å². The van der Waals surface area contributed by atoms with E-state index in [1.807, 2.05) is 0 Å². The molecule has 4 rings (SSSR count). The molecular weight excluding hydrogens is 389 g/mol. The summed E-state index contributed by atoms with van der Waals surface area (Å²) in [4.78, 5) is 38.9. The minimum atomic E-state index is -1.05. The molecule has 3 saturated heterocycles. The summed E-state index contributed by atoms with van der Waals surface area (Å²) in [7, 11) is 0. The second-order valence-electron chi connectivity index (χ2n) is 8.76. The van der Waals surface area contributed by atoms with Crippen LogP contribution in [0.4, 0.5) is 4.39 Å². The lowest BCUT2D eigenvalue weighted by molar-refractivity contribution is -0.133. The van der Waals surface area contributed by atoms with Crippen molar-refractivity contribution in [2.24, 2.45) is 5.92 Å². The van der Waals surface area contributed by atoms with Crippen molar-refractivity contribution < 1.29 is 18.8 Å². The average Bonchev–Trinajstić information content (AvgIpc) is 2.73. The monoisotopic (exact) mass is 417 g/mol. The van der Waals surface area contributed by atoms with Crippen LogP contribution in [0.1, 0.15) is 42.6 Å². The molecule has 4 N–H and O–H groups in total. The second kappa shape index (κ2) is 7.96. The van der Waals surface area contributed by atoms with Crippen LogP contribution in [0.3, 0.4) is 0 Å². The average molecular weight is 417 g/mol. The minimum absolute atomic E-state index is 0.0102. The number of piperidine rings is 1. The number of amides is 3. The van der Waals surface area contributed by atoms with Crippen LogP contribution in [0.25, 0.3) is 0 Å². The third kappa shape index (κ3) is 3.67. The van der Waals surface area contributed by atoms with Gasteiger partial charge in [-0.2, -0.15) is 0 Å². The molecule has 1 aromatic carbocycles. The number of halogens is 1. The highest BCUT2D eigenvalue weighted by molar-refractivity contribution is 6.00. The first-order valence-corrected chi connectivity index (χ1v) is 10.5. The van der Waals surface area contributed by atoms with E-state index in [2.05, 4.69) is 21.5 Å². The fourth-order valence-corrected chi connectivity index (χ4v) is 4.67. The van der Waals surface area contributed by atoms with Crippen LogP contribution in [0, 0.1) is 11.7 Å². The van der Waals surface area contributed by atoms with Crippen molar-refractivity contribution in [2.45, 2.75) is 50.7 Å². The lowest BCUT2D eigenvalue weighted by Gasteiger charge is -2.42. The molecule has 9 heteroatoms. The van der Waals surface area contributed by atoms with Gasteiger partial charge in [-0.15, -0.1) is 0 Å². The van der Waals surface area contributed by atoms with E-state index >= 15 is 0 Å². The first-order valence-electron chi connectivity index (χ1n) is 10.5. The Kier molecular flexibility index (Phi) is 5.50. The summed E-state index contributed by atoms with van der Waals surface area (Å²) >= 11 is 0. The lowest BCUT2D eigenvalue weighted by Crippen LogP contribution is -2.67. The number of rotatable bonds is 3. The van der Waals surface area contributed by atoms with Gasteiger partial charge in [-0.25, -0.2) is 9.82 Å². The smallest absolute Gasteiger partial charge is 0.257 e. The SMILES string of the molecule is CC1(C)C(=O)NCCN1C(=O)c1cc(CC2NNC(=O)C3CCCNC23)ccc1F. The Morgan fingerprint density at radius 3 is 2.87 bits per heavy atom. The number of hydrogen-bond acceptors (Lipinski definition) is 5. The third-order valence-electron chi connectivity index (χ3n) is 6.47. The molecular formula is C21H28FN5O3. The standard InChI is InChI=1S/C21H28FN5O3/c1-21(2)20(30)24-8-9-27(21)19(29)14-10-12(5-6-15(14)22)11-16-17-13(4-3-7-23-17)18(28)26-25-16/h5-6,10,13,16-17,23,25H,3-4,7-9,11H2,1-2H3,(H,24,30)(H,26,28). The first kappa shape index (κ1) is 20.7. The first-order chi connectivity index (χ1) is 14.3. The maximum atomic E-state index is 14.6. The summed E-state index contributed by atoms with van der Waals surface area (Å²) in [6, 6.07) is 4.44. The molecule has 1 aromatic rings. The molecule has 3 fully saturated rings.